The van der Waals surface area contributed by atoms with E-state index in [1.807, 2.05) is 0 Å². The molecule has 2 aromatic rings. The molecule has 3 N–H and O–H groups in total. The van der Waals surface area contributed by atoms with Crippen molar-refractivity contribution in [2.45, 2.75) is 0 Å². The average molecular weight is 274 g/mol. The summed E-state index contributed by atoms with van der Waals surface area (Å²) >= 11 is 0. The number of aromatic nitrogens is 1. The summed E-state index contributed by atoms with van der Waals surface area (Å²) in [4.78, 5) is 15.4. The number of hydrogen-bond acceptors (Lipinski definition) is 4. The second kappa shape index (κ2) is 5.32. The predicted molar refractivity (Wildman–Crippen MR) is 67.7 cm³/mol. The van der Waals surface area contributed by atoms with Gasteiger partial charge in [-0.25, -0.2) is 13.8 Å². The lowest BCUT2D eigenvalue weighted by molar-refractivity contribution is 0.102. The molecule has 0 bridgehead atoms. The molecule has 100 valence electrons. The van der Waals surface area contributed by atoms with Gasteiger partial charge in [0, 0.05) is 6.20 Å². The normalized spacial score (nSPS) is 9.85. The number of nitrogens with two attached hydrogens (primary N) is 1. The summed E-state index contributed by atoms with van der Waals surface area (Å²) in [7, 11) is 0. The van der Waals surface area contributed by atoms with Crippen molar-refractivity contribution in [3.05, 3.63) is 53.2 Å². The second-order valence-corrected chi connectivity index (χ2v) is 3.81. The molecule has 0 fully saturated rings. The number of pyridine rings is 1. The van der Waals surface area contributed by atoms with E-state index in [1.165, 1.54) is 12.3 Å². The minimum Gasteiger partial charge on any atom is -0.381 e. The third kappa shape index (κ3) is 2.54. The molecule has 0 radical (unpaired) electrons. The molecule has 1 heterocycles. The zero-order valence-electron chi connectivity index (χ0n) is 10.0. The summed E-state index contributed by atoms with van der Waals surface area (Å²) in [5, 5.41) is 11.2. The molecule has 1 aromatic heterocycles. The van der Waals surface area contributed by atoms with Crippen LogP contribution in [0.5, 0.6) is 0 Å². The number of anilines is 2. The maximum atomic E-state index is 13.6. The fourth-order valence-corrected chi connectivity index (χ4v) is 1.54. The van der Waals surface area contributed by atoms with E-state index in [0.717, 1.165) is 18.2 Å². The first-order chi connectivity index (χ1) is 9.52. The van der Waals surface area contributed by atoms with Crippen molar-refractivity contribution in [3.63, 3.8) is 0 Å². The molecule has 0 spiro atoms. The van der Waals surface area contributed by atoms with Crippen LogP contribution in [-0.4, -0.2) is 10.9 Å². The number of nitriles is 1. The molecule has 2 rings (SSSR count). The number of rotatable bonds is 2. The molecule has 0 atom stereocenters. The first kappa shape index (κ1) is 13.4. The molecule has 0 aliphatic heterocycles. The SMILES string of the molecule is N#Cc1cc(F)ccc1NC(=O)c1ccnc(N)c1F. The molecular weight excluding hydrogens is 266 g/mol. The van der Waals surface area contributed by atoms with E-state index >= 15 is 0 Å². The van der Waals surface area contributed by atoms with Crippen molar-refractivity contribution in [2.24, 2.45) is 0 Å². The largest absolute Gasteiger partial charge is 0.381 e. The van der Waals surface area contributed by atoms with Crippen LogP contribution in [0.2, 0.25) is 0 Å². The lowest BCUT2D eigenvalue weighted by atomic mass is 10.1. The molecule has 1 amide bonds. The Bertz CT molecular complexity index is 725. The summed E-state index contributed by atoms with van der Waals surface area (Å²) in [6.07, 6.45) is 1.18. The fourth-order valence-electron chi connectivity index (χ4n) is 1.54. The highest BCUT2D eigenvalue weighted by Crippen LogP contribution is 2.18. The Hall–Kier alpha value is -3.01. The van der Waals surface area contributed by atoms with E-state index in [4.69, 9.17) is 11.0 Å². The predicted octanol–water partition coefficient (Wildman–Crippen LogP) is 2.07. The zero-order valence-corrected chi connectivity index (χ0v) is 10.0. The van der Waals surface area contributed by atoms with Crippen molar-refractivity contribution in [1.82, 2.24) is 4.98 Å². The summed E-state index contributed by atoms with van der Waals surface area (Å²) in [5.74, 6) is -2.78. The molecule has 0 saturated heterocycles. The number of nitrogen functional groups attached to an aromatic ring is 1. The molecule has 5 nitrogen and oxygen atoms in total. The Labute approximate surface area is 112 Å². The van der Waals surface area contributed by atoms with Crippen LogP contribution < -0.4 is 11.1 Å². The van der Waals surface area contributed by atoms with Gasteiger partial charge in [0.2, 0.25) is 0 Å². The number of benzene rings is 1. The van der Waals surface area contributed by atoms with Crippen LogP contribution in [-0.2, 0) is 0 Å². The van der Waals surface area contributed by atoms with Crippen molar-refractivity contribution >= 4 is 17.4 Å². The molecule has 1 aromatic carbocycles. The molecular formula is C13H8F2N4O. The van der Waals surface area contributed by atoms with Crippen LogP contribution in [0, 0.1) is 23.0 Å². The molecule has 0 unspecified atom stereocenters. The second-order valence-electron chi connectivity index (χ2n) is 3.81. The highest BCUT2D eigenvalue weighted by atomic mass is 19.1. The summed E-state index contributed by atoms with van der Waals surface area (Å²) in [5.41, 5.74) is 4.95. The van der Waals surface area contributed by atoms with Gasteiger partial charge >= 0.3 is 0 Å². The van der Waals surface area contributed by atoms with Gasteiger partial charge in [-0.1, -0.05) is 0 Å². The summed E-state index contributed by atoms with van der Waals surface area (Å²) in [6, 6.07) is 6.14. The Balaban J connectivity index is 2.33. The van der Waals surface area contributed by atoms with Crippen LogP contribution in [0.1, 0.15) is 15.9 Å². The first-order valence-corrected chi connectivity index (χ1v) is 5.44. The number of hydrogen-bond donors (Lipinski definition) is 2. The third-order valence-corrected chi connectivity index (χ3v) is 2.51. The molecule has 0 aliphatic rings. The average Bonchev–Trinajstić information content (AvgIpc) is 2.43. The molecule has 7 heteroatoms. The van der Waals surface area contributed by atoms with Crippen LogP contribution in [0.15, 0.2) is 30.5 Å². The van der Waals surface area contributed by atoms with E-state index < -0.39 is 23.4 Å². The third-order valence-electron chi connectivity index (χ3n) is 2.51. The minimum atomic E-state index is -0.953. The maximum absolute atomic E-state index is 13.6. The lowest BCUT2D eigenvalue weighted by Gasteiger charge is -2.08. The monoisotopic (exact) mass is 274 g/mol. The van der Waals surface area contributed by atoms with Gasteiger partial charge in [0.25, 0.3) is 5.91 Å². The van der Waals surface area contributed by atoms with Crippen molar-refractivity contribution in [3.8, 4) is 6.07 Å². The van der Waals surface area contributed by atoms with Crippen LogP contribution in [0.25, 0.3) is 0 Å². The van der Waals surface area contributed by atoms with E-state index in [9.17, 15) is 13.6 Å². The Morgan fingerprint density at radius 3 is 2.80 bits per heavy atom. The van der Waals surface area contributed by atoms with E-state index in [2.05, 4.69) is 10.3 Å². The van der Waals surface area contributed by atoms with E-state index in [1.54, 1.807) is 6.07 Å². The number of carbonyl (C=O) groups excluding carboxylic acids is 1. The molecule has 0 saturated carbocycles. The zero-order chi connectivity index (χ0) is 14.7. The van der Waals surface area contributed by atoms with Crippen LogP contribution >= 0.6 is 0 Å². The topological polar surface area (TPSA) is 91.8 Å². The number of amides is 1. The van der Waals surface area contributed by atoms with E-state index in [0.29, 0.717) is 0 Å². The van der Waals surface area contributed by atoms with Gasteiger partial charge in [-0.3, -0.25) is 4.79 Å². The quantitative estimate of drug-likeness (QED) is 0.876. The van der Waals surface area contributed by atoms with Gasteiger partial charge in [-0.05, 0) is 24.3 Å². The van der Waals surface area contributed by atoms with Gasteiger partial charge in [0.1, 0.15) is 11.9 Å². The first-order valence-electron chi connectivity index (χ1n) is 5.44. The lowest BCUT2D eigenvalue weighted by Crippen LogP contribution is -2.16. The van der Waals surface area contributed by atoms with Crippen molar-refractivity contribution in [1.29, 1.82) is 5.26 Å². The maximum Gasteiger partial charge on any atom is 0.258 e. The molecule has 20 heavy (non-hydrogen) atoms. The fraction of sp³-hybridized carbons (Fsp3) is 0. The standard InChI is InChI=1S/C13H8F2N4O/c14-8-1-2-10(7(5-8)6-16)19-13(20)9-3-4-18-12(17)11(9)15/h1-5H,(H2,17,18)(H,19,20). The van der Waals surface area contributed by atoms with E-state index in [-0.39, 0.29) is 16.8 Å². The smallest absolute Gasteiger partial charge is 0.258 e. The van der Waals surface area contributed by atoms with Crippen molar-refractivity contribution < 1.29 is 13.6 Å². The van der Waals surface area contributed by atoms with Gasteiger partial charge in [0.05, 0.1) is 16.8 Å². The van der Waals surface area contributed by atoms with Gasteiger partial charge in [-0.15, -0.1) is 0 Å². The van der Waals surface area contributed by atoms with Gasteiger partial charge in [-0.2, -0.15) is 5.26 Å². The van der Waals surface area contributed by atoms with Gasteiger partial charge in [0.15, 0.2) is 11.6 Å². The number of nitrogens with one attached hydrogen (secondary N) is 1. The number of carbonyl (C=O) groups is 1. The van der Waals surface area contributed by atoms with Crippen LogP contribution in [0.3, 0.4) is 0 Å². The minimum absolute atomic E-state index is 0.0687. The highest BCUT2D eigenvalue weighted by molar-refractivity contribution is 6.05. The van der Waals surface area contributed by atoms with Crippen LogP contribution in [0.4, 0.5) is 20.3 Å². The Morgan fingerprint density at radius 1 is 1.35 bits per heavy atom. The number of nitrogens with zero attached hydrogens (tertiary/aromatic N) is 2. The highest BCUT2D eigenvalue weighted by Gasteiger charge is 2.16. The molecule has 0 aliphatic carbocycles. The van der Waals surface area contributed by atoms with Gasteiger partial charge < -0.3 is 11.1 Å². The Kier molecular flexibility index (Phi) is 3.57. The van der Waals surface area contributed by atoms with Crippen molar-refractivity contribution in [2.75, 3.05) is 11.1 Å². The summed E-state index contributed by atoms with van der Waals surface area (Å²) in [6.45, 7) is 0. The summed E-state index contributed by atoms with van der Waals surface area (Å²) < 4.78 is 26.6. The Morgan fingerprint density at radius 2 is 2.10 bits per heavy atom. The number of halogens is 2.